The van der Waals surface area contributed by atoms with Crippen molar-refractivity contribution in [2.75, 3.05) is 20.8 Å². The van der Waals surface area contributed by atoms with Gasteiger partial charge in [-0.25, -0.2) is 0 Å². The lowest BCUT2D eigenvalue weighted by atomic mass is 10.1. The molecule has 0 amide bonds. The second-order valence-electron chi connectivity index (χ2n) is 4.89. The predicted octanol–water partition coefficient (Wildman–Crippen LogP) is 3.13. The molecule has 2 rings (SSSR count). The number of benzene rings is 1. The summed E-state index contributed by atoms with van der Waals surface area (Å²) in [5.41, 5.74) is 2.11. The SMILES string of the molecule is CNC(CCOc1cccc(C)c1)c1ncccc1OC. The number of ether oxygens (including phenoxy) is 2. The minimum atomic E-state index is 0.103. The number of aromatic nitrogens is 1. The van der Waals surface area contributed by atoms with E-state index in [1.54, 1.807) is 13.3 Å². The molecule has 0 aliphatic carbocycles. The van der Waals surface area contributed by atoms with E-state index in [1.807, 2.05) is 37.4 Å². The van der Waals surface area contributed by atoms with Crippen molar-refractivity contribution in [2.24, 2.45) is 0 Å². The summed E-state index contributed by atoms with van der Waals surface area (Å²) in [7, 11) is 3.59. The number of hydrogen-bond acceptors (Lipinski definition) is 4. The van der Waals surface area contributed by atoms with Crippen molar-refractivity contribution in [2.45, 2.75) is 19.4 Å². The predicted molar refractivity (Wildman–Crippen MR) is 83.9 cm³/mol. The molecule has 1 aromatic carbocycles. The molecular weight excluding hydrogens is 264 g/mol. The number of methoxy groups -OCH3 is 1. The van der Waals surface area contributed by atoms with Crippen molar-refractivity contribution in [3.8, 4) is 11.5 Å². The lowest BCUT2D eigenvalue weighted by Gasteiger charge is -2.18. The van der Waals surface area contributed by atoms with Crippen molar-refractivity contribution < 1.29 is 9.47 Å². The molecule has 2 aromatic rings. The first kappa shape index (κ1) is 15.3. The molecule has 21 heavy (non-hydrogen) atoms. The highest BCUT2D eigenvalue weighted by Gasteiger charge is 2.15. The fourth-order valence-electron chi connectivity index (χ4n) is 2.25. The highest BCUT2D eigenvalue weighted by molar-refractivity contribution is 5.30. The van der Waals surface area contributed by atoms with E-state index in [0.717, 1.165) is 23.6 Å². The van der Waals surface area contributed by atoms with Crippen LogP contribution in [0.1, 0.15) is 23.7 Å². The van der Waals surface area contributed by atoms with Gasteiger partial charge in [-0.3, -0.25) is 4.98 Å². The first-order chi connectivity index (χ1) is 10.2. The molecule has 0 aliphatic rings. The molecule has 0 saturated carbocycles. The van der Waals surface area contributed by atoms with Gasteiger partial charge in [-0.2, -0.15) is 0 Å². The van der Waals surface area contributed by atoms with Crippen LogP contribution in [0.15, 0.2) is 42.6 Å². The monoisotopic (exact) mass is 286 g/mol. The summed E-state index contributed by atoms with van der Waals surface area (Å²) in [5, 5.41) is 3.27. The lowest BCUT2D eigenvalue weighted by Crippen LogP contribution is -2.21. The summed E-state index contributed by atoms with van der Waals surface area (Å²) in [6.07, 6.45) is 2.60. The molecule has 0 bridgehead atoms. The molecule has 0 aliphatic heterocycles. The van der Waals surface area contributed by atoms with Gasteiger partial charge in [-0.15, -0.1) is 0 Å². The van der Waals surface area contributed by atoms with Crippen LogP contribution in [0.25, 0.3) is 0 Å². The van der Waals surface area contributed by atoms with E-state index < -0.39 is 0 Å². The van der Waals surface area contributed by atoms with E-state index in [-0.39, 0.29) is 6.04 Å². The molecule has 1 aromatic heterocycles. The van der Waals surface area contributed by atoms with Gasteiger partial charge in [0.15, 0.2) is 0 Å². The van der Waals surface area contributed by atoms with Gasteiger partial charge in [0, 0.05) is 12.6 Å². The third kappa shape index (κ3) is 4.20. The molecule has 0 saturated heterocycles. The zero-order valence-electron chi connectivity index (χ0n) is 12.8. The van der Waals surface area contributed by atoms with Crippen LogP contribution in [0.4, 0.5) is 0 Å². The fourth-order valence-corrected chi connectivity index (χ4v) is 2.25. The maximum atomic E-state index is 5.81. The Morgan fingerprint density at radius 1 is 1.24 bits per heavy atom. The van der Waals surface area contributed by atoms with Crippen LogP contribution >= 0.6 is 0 Å². The van der Waals surface area contributed by atoms with Gasteiger partial charge in [0.05, 0.1) is 25.5 Å². The minimum absolute atomic E-state index is 0.103. The van der Waals surface area contributed by atoms with Crippen molar-refractivity contribution >= 4 is 0 Å². The normalized spacial score (nSPS) is 12.0. The zero-order chi connectivity index (χ0) is 15.1. The average molecular weight is 286 g/mol. The summed E-state index contributed by atoms with van der Waals surface area (Å²) in [5.74, 6) is 1.70. The van der Waals surface area contributed by atoms with Gasteiger partial charge < -0.3 is 14.8 Å². The molecule has 1 atom stereocenters. The quantitative estimate of drug-likeness (QED) is 0.849. The van der Waals surface area contributed by atoms with Crippen LogP contribution < -0.4 is 14.8 Å². The Labute approximate surface area is 126 Å². The molecule has 1 heterocycles. The van der Waals surface area contributed by atoms with Gasteiger partial charge in [-0.05, 0) is 43.8 Å². The van der Waals surface area contributed by atoms with Crippen LogP contribution in [0.2, 0.25) is 0 Å². The standard InChI is InChI=1S/C17H22N2O2/c1-13-6-4-7-14(12-13)21-11-9-15(18-2)17-16(20-3)8-5-10-19-17/h4-8,10,12,15,18H,9,11H2,1-3H3. The molecule has 4 heteroatoms. The molecule has 1 N–H and O–H groups in total. The first-order valence-corrected chi connectivity index (χ1v) is 7.10. The number of pyridine rings is 1. The number of nitrogens with one attached hydrogen (secondary N) is 1. The summed E-state index contributed by atoms with van der Waals surface area (Å²) < 4.78 is 11.2. The Balaban J connectivity index is 1.96. The number of rotatable bonds is 7. The van der Waals surface area contributed by atoms with Gasteiger partial charge in [0.25, 0.3) is 0 Å². The molecule has 112 valence electrons. The van der Waals surface area contributed by atoms with Gasteiger partial charge in [0.2, 0.25) is 0 Å². The Kier molecular flexibility index (Phi) is 5.58. The first-order valence-electron chi connectivity index (χ1n) is 7.10. The zero-order valence-corrected chi connectivity index (χ0v) is 12.8. The van der Waals surface area contributed by atoms with E-state index in [9.17, 15) is 0 Å². The van der Waals surface area contributed by atoms with Crippen molar-refractivity contribution in [1.29, 1.82) is 0 Å². The van der Waals surface area contributed by atoms with Crippen LogP contribution in [0.3, 0.4) is 0 Å². The van der Waals surface area contributed by atoms with Crippen molar-refractivity contribution in [3.05, 3.63) is 53.9 Å². The van der Waals surface area contributed by atoms with Crippen LogP contribution in [-0.4, -0.2) is 25.7 Å². The van der Waals surface area contributed by atoms with E-state index >= 15 is 0 Å². The summed E-state index contributed by atoms with van der Waals surface area (Å²) in [4.78, 5) is 4.42. The fraction of sp³-hybridized carbons (Fsp3) is 0.353. The Hall–Kier alpha value is -2.07. The summed E-state index contributed by atoms with van der Waals surface area (Å²) >= 11 is 0. The van der Waals surface area contributed by atoms with Crippen LogP contribution in [-0.2, 0) is 0 Å². The Morgan fingerprint density at radius 2 is 2.10 bits per heavy atom. The number of hydrogen-bond donors (Lipinski definition) is 1. The van der Waals surface area contributed by atoms with E-state index in [2.05, 4.69) is 23.3 Å². The maximum absolute atomic E-state index is 5.81. The Bertz CT molecular complexity index is 572. The van der Waals surface area contributed by atoms with Crippen LogP contribution in [0.5, 0.6) is 11.5 Å². The van der Waals surface area contributed by atoms with E-state index in [0.29, 0.717) is 6.61 Å². The van der Waals surface area contributed by atoms with E-state index in [1.165, 1.54) is 5.56 Å². The van der Waals surface area contributed by atoms with Gasteiger partial charge in [-0.1, -0.05) is 12.1 Å². The van der Waals surface area contributed by atoms with Crippen molar-refractivity contribution in [1.82, 2.24) is 10.3 Å². The smallest absolute Gasteiger partial charge is 0.141 e. The minimum Gasteiger partial charge on any atom is -0.495 e. The second-order valence-corrected chi connectivity index (χ2v) is 4.89. The van der Waals surface area contributed by atoms with Gasteiger partial charge in [0.1, 0.15) is 11.5 Å². The third-order valence-electron chi connectivity index (χ3n) is 3.36. The molecule has 1 unspecified atom stereocenters. The highest BCUT2D eigenvalue weighted by atomic mass is 16.5. The third-order valence-corrected chi connectivity index (χ3v) is 3.36. The average Bonchev–Trinajstić information content (AvgIpc) is 2.52. The number of aryl methyl sites for hydroxylation is 1. The molecule has 0 radical (unpaired) electrons. The largest absolute Gasteiger partial charge is 0.495 e. The van der Waals surface area contributed by atoms with E-state index in [4.69, 9.17) is 9.47 Å². The topological polar surface area (TPSA) is 43.4 Å². The summed E-state index contributed by atoms with van der Waals surface area (Å²) in [6, 6.07) is 12.0. The second kappa shape index (κ2) is 7.64. The molecule has 0 fully saturated rings. The molecular formula is C17H22N2O2. The highest BCUT2D eigenvalue weighted by Crippen LogP contribution is 2.24. The maximum Gasteiger partial charge on any atom is 0.141 e. The van der Waals surface area contributed by atoms with Crippen LogP contribution in [0, 0.1) is 6.92 Å². The Morgan fingerprint density at radius 3 is 2.81 bits per heavy atom. The summed E-state index contributed by atoms with van der Waals surface area (Å²) in [6.45, 7) is 2.68. The number of nitrogens with zero attached hydrogens (tertiary/aromatic N) is 1. The lowest BCUT2D eigenvalue weighted by molar-refractivity contribution is 0.285. The van der Waals surface area contributed by atoms with Crippen molar-refractivity contribution in [3.63, 3.8) is 0 Å². The molecule has 4 nitrogen and oxygen atoms in total. The molecule has 0 spiro atoms. The van der Waals surface area contributed by atoms with Gasteiger partial charge >= 0.3 is 0 Å².